The Labute approximate surface area is 89.6 Å². The van der Waals surface area contributed by atoms with Gasteiger partial charge < -0.3 is 14.8 Å². The van der Waals surface area contributed by atoms with Crippen LogP contribution in [0.5, 0.6) is 11.5 Å². The number of rotatable bonds is 3. The molecule has 1 atom stereocenters. The van der Waals surface area contributed by atoms with Gasteiger partial charge in [0.05, 0.1) is 26.1 Å². The van der Waals surface area contributed by atoms with Gasteiger partial charge in [0.15, 0.2) is 11.5 Å². The van der Waals surface area contributed by atoms with Gasteiger partial charge in [0, 0.05) is 12.1 Å². The first-order valence-electron chi connectivity index (χ1n) is 5.16. The summed E-state index contributed by atoms with van der Waals surface area (Å²) in [6, 6.07) is 2.31. The van der Waals surface area contributed by atoms with E-state index in [1.165, 1.54) is 6.42 Å². The van der Waals surface area contributed by atoms with Gasteiger partial charge >= 0.3 is 0 Å². The predicted molar refractivity (Wildman–Crippen MR) is 57.3 cm³/mol. The van der Waals surface area contributed by atoms with Crippen LogP contribution in [0.4, 0.5) is 0 Å². The fourth-order valence-electron chi connectivity index (χ4n) is 1.88. The molecule has 1 aliphatic rings. The average Bonchev–Trinajstić information content (AvgIpc) is 2.81. The van der Waals surface area contributed by atoms with Crippen LogP contribution in [0.1, 0.15) is 24.6 Å². The number of ether oxygens (including phenoxy) is 2. The van der Waals surface area contributed by atoms with E-state index in [1.54, 1.807) is 20.4 Å². The molecule has 4 heteroatoms. The maximum atomic E-state index is 5.24. The number of aromatic nitrogens is 1. The van der Waals surface area contributed by atoms with E-state index >= 15 is 0 Å². The SMILES string of the molecule is COc1cnc(C2CCCN2)cc1OC. The summed E-state index contributed by atoms with van der Waals surface area (Å²) in [4.78, 5) is 4.37. The van der Waals surface area contributed by atoms with Crippen molar-refractivity contribution in [2.45, 2.75) is 18.9 Å². The largest absolute Gasteiger partial charge is 0.493 e. The van der Waals surface area contributed by atoms with Crippen molar-refractivity contribution in [1.82, 2.24) is 10.3 Å². The maximum absolute atomic E-state index is 5.24. The molecule has 0 amide bonds. The maximum Gasteiger partial charge on any atom is 0.179 e. The minimum Gasteiger partial charge on any atom is -0.493 e. The standard InChI is InChI=1S/C11H16N2O2/c1-14-10-6-9(8-4-3-5-12-8)13-7-11(10)15-2/h6-8,12H,3-5H2,1-2H3. The molecule has 1 aromatic rings. The number of hydrogen-bond donors (Lipinski definition) is 1. The summed E-state index contributed by atoms with van der Waals surface area (Å²) in [5.41, 5.74) is 1.03. The number of hydrogen-bond acceptors (Lipinski definition) is 4. The molecule has 0 radical (unpaired) electrons. The summed E-state index contributed by atoms with van der Waals surface area (Å²) < 4.78 is 10.4. The second-order valence-electron chi connectivity index (χ2n) is 3.61. The molecular formula is C11H16N2O2. The van der Waals surface area contributed by atoms with Crippen LogP contribution >= 0.6 is 0 Å². The van der Waals surface area contributed by atoms with Gasteiger partial charge in [-0.3, -0.25) is 4.98 Å². The zero-order chi connectivity index (χ0) is 10.7. The molecule has 1 saturated heterocycles. The van der Waals surface area contributed by atoms with Crippen molar-refractivity contribution in [2.24, 2.45) is 0 Å². The Hall–Kier alpha value is -1.29. The molecule has 1 N–H and O–H groups in total. The molecule has 0 saturated carbocycles. The first kappa shape index (κ1) is 10.2. The molecule has 1 fully saturated rings. The smallest absolute Gasteiger partial charge is 0.179 e. The van der Waals surface area contributed by atoms with Crippen LogP contribution < -0.4 is 14.8 Å². The van der Waals surface area contributed by atoms with E-state index in [4.69, 9.17) is 9.47 Å². The van der Waals surface area contributed by atoms with Crippen molar-refractivity contribution in [1.29, 1.82) is 0 Å². The van der Waals surface area contributed by atoms with E-state index < -0.39 is 0 Å². The molecule has 0 spiro atoms. The lowest BCUT2D eigenvalue weighted by atomic mass is 10.1. The average molecular weight is 208 g/mol. The van der Waals surface area contributed by atoms with E-state index in [9.17, 15) is 0 Å². The number of nitrogens with zero attached hydrogens (tertiary/aromatic N) is 1. The molecule has 4 nitrogen and oxygen atoms in total. The first-order valence-corrected chi connectivity index (χ1v) is 5.16. The highest BCUT2D eigenvalue weighted by atomic mass is 16.5. The van der Waals surface area contributed by atoms with Crippen LogP contribution in [0.15, 0.2) is 12.3 Å². The van der Waals surface area contributed by atoms with Crippen molar-refractivity contribution < 1.29 is 9.47 Å². The van der Waals surface area contributed by atoms with E-state index in [-0.39, 0.29) is 0 Å². The number of nitrogens with one attached hydrogen (secondary N) is 1. The lowest BCUT2D eigenvalue weighted by Gasteiger charge is -2.12. The molecule has 1 unspecified atom stereocenters. The van der Waals surface area contributed by atoms with Crippen molar-refractivity contribution in [3.8, 4) is 11.5 Å². The van der Waals surface area contributed by atoms with Crippen LogP contribution in [-0.4, -0.2) is 25.7 Å². The Morgan fingerprint density at radius 2 is 2.13 bits per heavy atom. The third-order valence-corrected chi connectivity index (χ3v) is 2.71. The minimum absolute atomic E-state index is 0.366. The molecule has 2 heterocycles. The predicted octanol–water partition coefficient (Wildman–Crippen LogP) is 1.52. The normalized spacial score (nSPS) is 20.3. The molecule has 1 aliphatic heterocycles. The van der Waals surface area contributed by atoms with Gasteiger partial charge in [-0.1, -0.05) is 0 Å². The number of methoxy groups -OCH3 is 2. The van der Waals surface area contributed by atoms with Crippen molar-refractivity contribution in [3.63, 3.8) is 0 Å². The molecule has 2 rings (SSSR count). The lowest BCUT2D eigenvalue weighted by molar-refractivity contribution is 0.352. The van der Waals surface area contributed by atoms with Gasteiger partial charge in [-0.15, -0.1) is 0 Å². The van der Waals surface area contributed by atoms with E-state index in [0.717, 1.165) is 24.4 Å². The van der Waals surface area contributed by atoms with Gasteiger partial charge in [0.1, 0.15) is 0 Å². The second kappa shape index (κ2) is 4.49. The Balaban J connectivity index is 2.25. The highest BCUT2D eigenvalue weighted by Gasteiger charge is 2.19. The van der Waals surface area contributed by atoms with Crippen LogP contribution in [0.2, 0.25) is 0 Å². The molecule has 0 aliphatic carbocycles. The highest BCUT2D eigenvalue weighted by molar-refractivity contribution is 5.39. The fourth-order valence-corrected chi connectivity index (χ4v) is 1.88. The number of pyridine rings is 1. The second-order valence-corrected chi connectivity index (χ2v) is 3.61. The topological polar surface area (TPSA) is 43.4 Å². The Bertz CT molecular complexity index is 335. The lowest BCUT2D eigenvalue weighted by Crippen LogP contribution is -2.14. The zero-order valence-electron chi connectivity index (χ0n) is 9.12. The summed E-state index contributed by atoms with van der Waals surface area (Å²) >= 11 is 0. The summed E-state index contributed by atoms with van der Waals surface area (Å²) in [6.07, 6.45) is 4.07. The van der Waals surface area contributed by atoms with Crippen molar-refractivity contribution >= 4 is 0 Å². The zero-order valence-corrected chi connectivity index (χ0v) is 9.12. The van der Waals surface area contributed by atoms with E-state index in [1.807, 2.05) is 6.07 Å². The monoisotopic (exact) mass is 208 g/mol. The molecule has 0 aromatic carbocycles. The molecule has 1 aromatic heterocycles. The molecule has 15 heavy (non-hydrogen) atoms. The minimum atomic E-state index is 0.366. The summed E-state index contributed by atoms with van der Waals surface area (Å²) in [6.45, 7) is 1.07. The first-order chi connectivity index (χ1) is 7.35. The molecule has 82 valence electrons. The summed E-state index contributed by atoms with van der Waals surface area (Å²) in [5.74, 6) is 1.43. The van der Waals surface area contributed by atoms with Gasteiger partial charge in [0.2, 0.25) is 0 Å². The molecule has 0 bridgehead atoms. The third-order valence-electron chi connectivity index (χ3n) is 2.71. The van der Waals surface area contributed by atoms with Crippen LogP contribution in [0.25, 0.3) is 0 Å². The Morgan fingerprint density at radius 1 is 1.33 bits per heavy atom. The molecular weight excluding hydrogens is 192 g/mol. The van der Waals surface area contributed by atoms with Gasteiger partial charge in [0.25, 0.3) is 0 Å². The van der Waals surface area contributed by atoms with Crippen LogP contribution in [0.3, 0.4) is 0 Å². The summed E-state index contributed by atoms with van der Waals surface area (Å²) in [5, 5.41) is 3.40. The van der Waals surface area contributed by atoms with Gasteiger partial charge in [-0.05, 0) is 19.4 Å². The Morgan fingerprint density at radius 3 is 2.73 bits per heavy atom. The summed E-state index contributed by atoms with van der Waals surface area (Å²) in [7, 11) is 3.26. The van der Waals surface area contributed by atoms with Gasteiger partial charge in [-0.25, -0.2) is 0 Å². The van der Waals surface area contributed by atoms with Crippen molar-refractivity contribution in [3.05, 3.63) is 18.0 Å². The van der Waals surface area contributed by atoms with Crippen molar-refractivity contribution in [2.75, 3.05) is 20.8 Å². The van der Waals surface area contributed by atoms with Gasteiger partial charge in [-0.2, -0.15) is 0 Å². The van der Waals surface area contributed by atoms with Crippen LogP contribution in [0, 0.1) is 0 Å². The van der Waals surface area contributed by atoms with E-state index in [2.05, 4.69) is 10.3 Å². The third kappa shape index (κ3) is 2.04. The highest BCUT2D eigenvalue weighted by Crippen LogP contribution is 2.30. The quantitative estimate of drug-likeness (QED) is 0.818. The Kier molecular flexibility index (Phi) is 3.06. The van der Waals surface area contributed by atoms with Crippen LogP contribution in [-0.2, 0) is 0 Å². The van der Waals surface area contributed by atoms with E-state index in [0.29, 0.717) is 11.8 Å². The fraction of sp³-hybridized carbons (Fsp3) is 0.545.